The van der Waals surface area contributed by atoms with E-state index in [0.29, 0.717) is 28.3 Å². The molecule has 0 atom stereocenters. The van der Waals surface area contributed by atoms with Crippen LogP contribution >= 0.6 is 22.9 Å². The van der Waals surface area contributed by atoms with E-state index in [1.807, 2.05) is 18.2 Å². The van der Waals surface area contributed by atoms with Crippen LogP contribution in [0.2, 0.25) is 5.02 Å². The maximum absolute atomic E-state index is 12.7. The second-order valence-electron chi connectivity index (χ2n) is 7.38. The average Bonchev–Trinajstić information content (AvgIpc) is 3.08. The summed E-state index contributed by atoms with van der Waals surface area (Å²) in [5.41, 5.74) is 1.53. The summed E-state index contributed by atoms with van der Waals surface area (Å²) >= 11 is 7.27. The van der Waals surface area contributed by atoms with Crippen LogP contribution in [0.15, 0.2) is 52.2 Å². The van der Waals surface area contributed by atoms with Gasteiger partial charge in [-0.15, -0.1) is 0 Å². The lowest BCUT2D eigenvalue weighted by Gasteiger charge is -2.26. The Labute approximate surface area is 190 Å². The second-order valence-corrected chi connectivity index (χ2v) is 10.5. The van der Waals surface area contributed by atoms with Gasteiger partial charge in [0.25, 0.3) is 0 Å². The molecule has 10 heteroatoms. The number of morpholine rings is 1. The van der Waals surface area contributed by atoms with Crippen molar-refractivity contribution in [2.24, 2.45) is 0 Å². The molecule has 1 aromatic heterocycles. The van der Waals surface area contributed by atoms with E-state index >= 15 is 0 Å². The first kappa shape index (κ1) is 22.4. The smallest absolute Gasteiger partial charge is 0.308 e. The van der Waals surface area contributed by atoms with Gasteiger partial charge in [0, 0.05) is 24.7 Å². The van der Waals surface area contributed by atoms with Crippen LogP contribution in [-0.2, 0) is 21.3 Å². The Morgan fingerprint density at radius 1 is 1.13 bits per heavy atom. The molecule has 2 aromatic carbocycles. The van der Waals surface area contributed by atoms with Gasteiger partial charge < -0.3 is 4.74 Å². The van der Waals surface area contributed by atoms with Crippen molar-refractivity contribution in [1.82, 2.24) is 14.2 Å². The van der Waals surface area contributed by atoms with E-state index in [1.165, 1.54) is 0 Å². The molecule has 1 aliphatic heterocycles. The summed E-state index contributed by atoms with van der Waals surface area (Å²) in [5.74, 6) is 0. The van der Waals surface area contributed by atoms with Crippen molar-refractivity contribution in [1.29, 1.82) is 0 Å². The fraction of sp³-hybridized carbons (Fsp3) is 0.381. The largest absolute Gasteiger partial charge is 0.379 e. The van der Waals surface area contributed by atoms with E-state index in [4.69, 9.17) is 16.3 Å². The van der Waals surface area contributed by atoms with Gasteiger partial charge in [0.05, 0.1) is 34.9 Å². The average molecular weight is 482 g/mol. The Balaban J connectivity index is 1.46. The van der Waals surface area contributed by atoms with Gasteiger partial charge in [-0.25, -0.2) is 13.1 Å². The lowest BCUT2D eigenvalue weighted by molar-refractivity contribution is 0.0376. The fourth-order valence-electron chi connectivity index (χ4n) is 3.58. The summed E-state index contributed by atoms with van der Waals surface area (Å²) in [6.07, 6.45) is 0.725. The highest BCUT2D eigenvalue weighted by molar-refractivity contribution is 7.89. The molecular formula is C21H24ClN3O4S2. The van der Waals surface area contributed by atoms with Gasteiger partial charge in [-0.1, -0.05) is 41.1 Å². The minimum Gasteiger partial charge on any atom is -0.379 e. The van der Waals surface area contributed by atoms with Crippen molar-refractivity contribution in [2.75, 3.05) is 39.4 Å². The molecule has 0 amide bonds. The molecule has 3 aromatic rings. The number of nitrogens with one attached hydrogen (secondary N) is 1. The van der Waals surface area contributed by atoms with Crippen LogP contribution in [-0.4, -0.2) is 57.3 Å². The highest BCUT2D eigenvalue weighted by Gasteiger charge is 2.17. The van der Waals surface area contributed by atoms with Crippen LogP contribution in [0, 0.1) is 0 Å². The zero-order chi connectivity index (χ0) is 21.8. The number of benzene rings is 2. The number of halogens is 1. The Morgan fingerprint density at radius 2 is 1.90 bits per heavy atom. The molecule has 0 spiro atoms. The van der Waals surface area contributed by atoms with E-state index in [1.54, 1.807) is 28.8 Å². The quantitative estimate of drug-likeness (QED) is 0.500. The van der Waals surface area contributed by atoms with Crippen LogP contribution in [0.5, 0.6) is 0 Å². The Kier molecular flexibility index (Phi) is 7.10. The molecule has 2 heterocycles. The topological polar surface area (TPSA) is 80.6 Å². The molecular weight excluding hydrogens is 458 g/mol. The molecule has 1 saturated heterocycles. The third-order valence-corrected chi connectivity index (χ3v) is 8.05. The van der Waals surface area contributed by atoms with Crippen LogP contribution in [0.4, 0.5) is 0 Å². The van der Waals surface area contributed by atoms with Gasteiger partial charge in [-0.2, -0.15) is 0 Å². The number of rotatable bonds is 8. The molecule has 0 radical (unpaired) electrons. The molecule has 1 fully saturated rings. The van der Waals surface area contributed by atoms with Gasteiger partial charge in [-0.05, 0) is 42.8 Å². The highest BCUT2D eigenvalue weighted by Crippen LogP contribution is 2.24. The van der Waals surface area contributed by atoms with Crippen molar-refractivity contribution in [3.63, 3.8) is 0 Å². The van der Waals surface area contributed by atoms with Crippen LogP contribution < -0.4 is 9.60 Å². The molecule has 7 nitrogen and oxygen atoms in total. The third kappa shape index (κ3) is 5.36. The zero-order valence-electron chi connectivity index (χ0n) is 16.9. The first-order chi connectivity index (χ1) is 14.9. The SMILES string of the molecule is O=c1sc2cc(S(=O)(=O)NCCCN3CCOCC3)ccc2n1Cc1ccccc1Cl. The summed E-state index contributed by atoms with van der Waals surface area (Å²) in [7, 11) is -3.64. The molecule has 31 heavy (non-hydrogen) atoms. The van der Waals surface area contributed by atoms with Crippen LogP contribution in [0.3, 0.4) is 0 Å². The Hall–Kier alpha value is -1.75. The minimum atomic E-state index is -3.64. The molecule has 0 saturated carbocycles. The predicted octanol–water partition coefficient (Wildman–Crippen LogP) is 2.77. The van der Waals surface area contributed by atoms with Gasteiger partial charge in [-0.3, -0.25) is 14.3 Å². The molecule has 1 aliphatic rings. The Morgan fingerprint density at radius 3 is 2.68 bits per heavy atom. The number of hydrogen-bond acceptors (Lipinski definition) is 6. The summed E-state index contributed by atoms with van der Waals surface area (Å²) < 4.78 is 35.7. The number of aromatic nitrogens is 1. The fourth-order valence-corrected chi connectivity index (χ4v) is 5.88. The van der Waals surface area contributed by atoms with Crippen molar-refractivity contribution in [3.8, 4) is 0 Å². The number of nitrogens with zero attached hydrogens (tertiary/aromatic N) is 2. The van der Waals surface area contributed by atoms with E-state index in [9.17, 15) is 13.2 Å². The van der Waals surface area contributed by atoms with Gasteiger partial charge in [0.15, 0.2) is 0 Å². The van der Waals surface area contributed by atoms with Crippen molar-refractivity contribution >= 4 is 43.2 Å². The number of thiazole rings is 1. The third-order valence-electron chi connectivity index (χ3n) is 5.28. The Bertz CT molecular complexity index is 1220. The molecule has 0 aliphatic carbocycles. The lowest BCUT2D eigenvalue weighted by Crippen LogP contribution is -2.38. The number of ether oxygens (including phenoxy) is 1. The number of fused-ring (bicyclic) bond motifs is 1. The van der Waals surface area contributed by atoms with Crippen molar-refractivity contribution in [2.45, 2.75) is 17.9 Å². The van der Waals surface area contributed by atoms with Gasteiger partial charge in [0.1, 0.15) is 0 Å². The molecule has 0 unspecified atom stereocenters. The van der Waals surface area contributed by atoms with Crippen LogP contribution in [0.25, 0.3) is 10.2 Å². The van der Waals surface area contributed by atoms with Gasteiger partial charge >= 0.3 is 4.87 Å². The first-order valence-electron chi connectivity index (χ1n) is 10.1. The monoisotopic (exact) mass is 481 g/mol. The summed E-state index contributed by atoms with van der Waals surface area (Å²) in [5, 5.41) is 0.592. The summed E-state index contributed by atoms with van der Waals surface area (Å²) in [6, 6.07) is 12.2. The van der Waals surface area contributed by atoms with E-state index < -0.39 is 10.0 Å². The van der Waals surface area contributed by atoms with Crippen molar-refractivity contribution in [3.05, 3.63) is 62.7 Å². The number of hydrogen-bond donors (Lipinski definition) is 1. The first-order valence-corrected chi connectivity index (χ1v) is 12.8. The second kappa shape index (κ2) is 9.81. The van der Waals surface area contributed by atoms with E-state index in [0.717, 1.165) is 56.2 Å². The normalized spacial score (nSPS) is 15.5. The molecule has 4 rings (SSSR count). The molecule has 0 bridgehead atoms. The lowest BCUT2D eigenvalue weighted by atomic mass is 10.2. The van der Waals surface area contributed by atoms with E-state index in [-0.39, 0.29) is 9.77 Å². The summed E-state index contributed by atoms with van der Waals surface area (Å²) in [4.78, 5) is 14.8. The molecule has 166 valence electrons. The predicted molar refractivity (Wildman–Crippen MR) is 124 cm³/mol. The maximum atomic E-state index is 12.7. The zero-order valence-corrected chi connectivity index (χ0v) is 19.3. The summed E-state index contributed by atoms with van der Waals surface area (Å²) in [6.45, 7) is 4.75. The highest BCUT2D eigenvalue weighted by atomic mass is 35.5. The maximum Gasteiger partial charge on any atom is 0.308 e. The van der Waals surface area contributed by atoms with Crippen molar-refractivity contribution < 1.29 is 13.2 Å². The molecule has 1 N–H and O–H groups in total. The van der Waals surface area contributed by atoms with E-state index in [2.05, 4.69) is 9.62 Å². The minimum absolute atomic E-state index is 0.150. The van der Waals surface area contributed by atoms with Gasteiger partial charge in [0.2, 0.25) is 10.0 Å². The van der Waals surface area contributed by atoms with Crippen LogP contribution in [0.1, 0.15) is 12.0 Å². The number of sulfonamides is 1. The standard InChI is InChI=1S/C21H24ClN3O4S2/c22-18-5-2-1-4-16(18)15-25-19-7-6-17(14-20(19)30-21(25)26)31(27,28)23-8-3-9-24-10-12-29-13-11-24/h1-2,4-7,14,23H,3,8-13,15H2.